The lowest BCUT2D eigenvalue weighted by molar-refractivity contribution is -0.359. The molecule has 14 heteroatoms. The van der Waals surface area contributed by atoms with Crippen LogP contribution in [0.25, 0.3) is 0 Å². The predicted molar refractivity (Wildman–Crippen MR) is 180 cm³/mol. The van der Waals surface area contributed by atoms with Crippen LogP contribution in [0.5, 0.6) is 0 Å². The summed E-state index contributed by atoms with van der Waals surface area (Å²) >= 11 is 0. The molecule has 2 aliphatic rings. The number of aliphatic hydroxyl groups is 8. The van der Waals surface area contributed by atoms with Crippen LogP contribution >= 0.6 is 0 Å². The number of hydrogen-bond donors (Lipinski definition) is 9. The SMILES string of the molecule is CCCCC/C=C/CC/C=C/CC/C=C/C(O)C(COC1OC(CO)C(OC2OC(CO)C(O)C(O)C2O)C(O)C1O)NC(=O)CCCC. The van der Waals surface area contributed by atoms with Gasteiger partial charge in [0.15, 0.2) is 12.6 Å². The minimum atomic E-state index is -1.79. The smallest absolute Gasteiger partial charge is 0.220 e. The summed E-state index contributed by atoms with van der Waals surface area (Å²) in [6.45, 7) is 2.39. The molecule has 49 heavy (non-hydrogen) atoms. The molecule has 284 valence electrons. The van der Waals surface area contributed by atoms with Crippen molar-refractivity contribution in [2.24, 2.45) is 0 Å². The summed E-state index contributed by atoms with van der Waals surface area (Å²) in [5.41, 5.74) is 0. The number of allylic oxidation sites excluding steroid dienone is 5. The van der Waals surface area contributed by atoms with Gasteiger partial charge in [0.25, 0.3) is 0 Å². The van der Waals surface area contributed by atoms with E-state index in [9.17, 15) is 45.6 Å². The van der Waals surface area contributed by atoms with Crippen LogP contribution < -0.4 is 5.32 Å². The molecule has 2 fully saturated rings. The number of rotatable bonds is 23. The molecule has 2 heterocycles. The van der Waals surface area contributed by atoms with Gasteiger partial charge in [-0.15, -0.1) is 0 Å². The summed E-state index contributed by atoms with van der Waals surface area (Å²) in [6, 6.07) is -0.927. The van der Waals surface area contributed by atoms with Crippen molar-refractivity contribution in [3.63, 3.8) is 0 Å². The zero-order valence-electron chi connectivity index (χ0n) is 28.9. The maximum Gasteiger partial charge on any atom is 0.220 e. The van der Waals surface area contributed by atoms with Crippen LogP contribution in [0.1, 0.15) is 84.5 Å². The van der Waals surface area contributed by atoms with E-state index in [1.165, 1.54) is 19.3 Å². The standard InChI is InChI=1S/C35H61NO13/c1-3-5-7-8-9-10-11-12-13-14-15-16-17-18-24(39)23(36-27(40)19-6-4-2)22-46-34-32(45)30(43)33(26(21-38)48-34)49-35-31(44)29(42)28(41)25(20-37)47-35/h9-10,13-14,17-18,23-26,28-35,37-39,41-45H,3-8,11-12,15-16,19-22H2,1-2H3,(H,36,40)/b10-9+,14-13+,18-17+. The van der Waals surface area contributed by atoms with Gasteiger partial charge < -0.3 is 65.1 Å². The van der Waals surface area contributed by atoms with Crippen LogP contribution in [0.3, 0.4) is 0 Å². The maximum absolute atomic E-state index is 12.6. The van der Waals surface area contributed by atoms with Crippen molar-refractivity contribution in [2.45, 2.75) is 158 Å². The Kier molecular flexibility index (Phi) is 21.6. The summed E-state index contributed by atoms with van der Waals surface area (Å²) in [5.74, 6) is -0.295. The molecule has 0 spiro atoms. The molecule has 0 saturated carbocycles. The monoisotopic (exact) mass is 703 g/mol. The number of unbranched alkanes of at least 4 members (excludes halogenated alkanes) is 6. The fourth-order valence-electron chi connectivity index (χ4n) is 5.47. The number of hydrogen-bond acceptors (Lipinski definition) is 13. The average Bonchev–Trinajstić information content (AvgIpc) is 3.10. The Labute approximate surface area is 290 Å². The molecule has 2 saturated heterocycles. The van der Waals surface area contributed by atoms with Crippen LogP contribution in [-0.4, -0.2) is 140 Å². The van der Waals surface area contributed by atoms with Gasteiger partial charge in [0.1, 0.15) is 48.8 Å². The largest absolute Gasteiger partial charge is 0.394 e. The van der Waals surface area contributed by atoms with E-state index >= 15 is 0 Å². The summed E-state index contributed by atoms with van der Waals surface area (Å²) in [4.78, 5) is 12.6. The van der Waals surface area contributed by atoms with Crippen molar-refractivity contribution in [1.29, 1.82) is 0 Å². The molecule has 0 aromatic rings. The second-order valence-corrected chi connectivity index (χ2v) is 12.6. The van der Waals surface area contributed by atoms with E-state index in [4.69, 9.17) is 18.9 Å². The van der Waals surface area contributed by atoms with Crippen molar-refractivity contribution < 1.29 is 64.6 Å². The number of amides is 1. The Morgan fingerprint density at radius 2 is 1.29 bits per heavy atom. The molecule has 0 aromatic carbocycles. The number of aliphatic hydroxyl groups excluding tert-OH is 8. The van der Waals surface area contributed by atoms with E-state index in [0.717, 1.165) is 32.1 Å². The molecule has 2 rings (SSSR count). The molecule has 9 N–H and O–H groups in total. The summed E-state index contributed by atoms with van der Waals surface area (Å²) in [6.07, 6.45) is 4.94. The summed E-state index contributed by atoms with van der Waals surface area (Å²) in [7, 11) is 0. The number of nitrogens with one attached hydrogen (secondary N) is 1. The summed E-state index contributed by atoms with van der Waals surface area (Å²) < 4.78 is 22.3. The fraction of sp³-hybridized carbons (Fsp3) is 0.800. The van der Waals surface area contributed by atoms with Crippen molar-refractivity contribution in [3.8, 4) is 0 Å². The molecule has 0 aromatic heterocycles. The average molecular weight is 704 g/mol. The lowest BCUT2D eigenvalue weighted by Crippen LogP contribution is -2.65. The number of ether oxygens (including phenoxy) is 4. The molecule has 0 radical (unpaired) electrons. The third-order valence-electron chi connectivity index (χ3n) is 8.56. The van der Waals surface area contributed by atoms with Gasteiger partial charge >= 0.3 is 0 Å². The van der Waals surface area contributed by atoms with Crippen LogP contribution in [0.4, 0.5) is 0 Å². The third kappa shape index (κ3) is 14.8. The highest BCUT2D eigenvalue weighted by Crippen LogP contribution is 2.29. The molecule has 12 atom stereocenters. The number of carbonyl (C=O) groups excluding carboxylic acids is 1. The molecular weight excluding hydrogens is 642 g/mol. The van der Waals surface area contributed by atoms with Gasteiger partial charge in [0, 0.05) is 6.42 Å². The third-order valence-corrected chi connectivity index (χ3v) is 8.56. The molecule has 12 unspecified atom stereocenters. The molecule has 0 aliphatic carbocycles. The first-order valence-electron chi connectivity index (χ1n) is 17.7. The van der Waals surface area contributed by atoms with E-state index in [0.29, 0.717) is 12.8 Å². The zero-order valence-corrected chi connectivity index (χ0v) is 28.9. The van der Waals surface area contributed by atoms with Gasteiger partial charge in [-0.25, -0.2) is 0 Å². The predicted octanol–water partition coefficient (Wildman–Crippen LogP) is 0.472. The van der Waals surface area contributed by atoms with E-state index in [2.05, 4.69) is 36.5 Å². The molecule has 2 aliphatic heterocycles. The highest BCUT2D eigenvalue weighted by Gasteiger charge is 2.50. The molecule has 1 amide bonds. The Balaban J connectivity index is 1.95. The quantitative estimate of drug-likeness (QED) is 0.0522. The Morgan fingerprint density at radius 3 is 1.90 bits per heavy atom. The minimum absolute atomic E-state index is 0.243. The van der Waals surface area contributed by atoms with Crippen LogP contribution in [0.15, 0.2) is 36.5 Å². The van der Waals surface area contributed by atoms with Crippen molar-refractivity contribution in [1.82, 2.24) is 5.32 Å². The van der Waals surface area contributed by atoms with Gasteiger partial charge in [-0.2, -0.15) is 0 Å². The Morgan fingerprint density at radius 1 is 0.714 bits per heavy atom. The lowest BCUT2D eigenvalue weighted by Gasteiger charge is -2.46. The van der Waals surface area contributed by atoms with E-state index in [1.54, 1.807) is 6.08 Å². The van der Waals surface area contributed by atoms with Gasteiger partial charge in [-0.1, -0.05) is 69.6 Å². The molecule has 14 nitrogen and oxygen atoms in total. The zero-order chi connectivity index (χ0) is 36.2. The van der Waals surface area contributed by atoms with E-state index in [1.807, 2.05) is 13.0 Å². The minimum Gasteiger partial charge on any atom is -0.394 e. The van der Waals surface area contributed by atoms with Gasteiger partial charge in [-0.3, -0.25) is 4.79 Å². The topological polar surface area (TPSA) is 228 Å². The van der Waals surface area contributed by atoms with E-state index in [-0.39, 0.29) is 18.9 Å². The normalized spacial score (nSPS) is 32.3. The second kappa shape index (κ2) is 24.4. The van der Waals surface area contributed by atoms with Gasteiger partial charge in [0.05, 0.1) is 32.0 Å². The van der Waals surface area contributed by atoms with Crippen molar-refractivity contribution >= 4 is 5.91 Å². The van der Waals surface area contributed by atoms with Crippen LogP contribution in [0, 0.1) is 0 Å². The highest BCUT2D eigenvalue weighted by atomic mass is 16.7. The molecule has 0 bridgehead atoms. The van der Waals surface area contributed by atoms with Crippen LogP contribution in [0.2, 0.25) is 0 Å². The van der Waals surface area contributed by atoms with E-state index < -0.39 is 86.8 Å². The summed E-state index contributed by atoms with van der Waals surface area (Å²) in [5, 5.41) is 85.2. The Bertz CT molecular complexity index is 977. The highest BCUT2D eigenvalue weighted by molar-refractivity contribution is 5.76. The van der Waals surface area contributed by atoms with Crippen molar-refractivity contribution in [3.05, 3.63) is 36.5 Å². The Hall–Kier alpha value is -1.79. The number of carbonyl (C=O) groups is 1. The van der Waals surface area contributed by atoms with Crippen molar-refractivity contribution in [2.75, 3.05) is 19.8 Å². The maximum atomic E-state index is 12.6. The first-order chi connectivity index (χ1) is 23.6. The first kappa shape index (κ1) is 43.4. The fourth-order valence-corrected chi connectivity index (χ4v) is 5.47. The van der Waals surface area contributed by atoms with Gasteiger partial charge in [0.2, 0.25) is 5.91 Å². The second-order valence-electron chi connectivity index (χ2n) is 12.6. The molecular formula is C35H61NO13. The lowest BCUT2D eigenvalue weighted by atomic mass is 9.97. The first-order valence-corrected chi connectivity index (χ1v) is 17.7. The van der Waals surface area contributed by atoms with Crippen LogP contribution in [-0.2, 0) is 23.7 Å². The van der Waals surface area contributed by atoms with Gasteiger partial charge in [-0.05, 0) is 44.9 Å².